The Bertz CT molecular complexity index is 157. The summed E-state index contributed by atoms with van der Waals surface area (Å²) in [5, 5.41) is 6.50. The number of benzene rings is 1. The number of hydrogen-bond acceptors (Lipinski definition) is 4. The van der Waals surface area contributed by atoms with E-state index in [4.69, 9.17) is 16.7 Å². The number of halogens is 1. The molecule has 1 aromatic rings. The van der Waals surface area contributed by atoms with Crippen molar-refractivity contribution >= 4 is 23.8 Å². The molecule has 0 atom stereocenters. The van der Waals surface area contributed by atoms with Gasteiger partial charge in [0, 0.05) is 11.4 Å². The number of nitrogen functional groups attached to an aromatic ring is 2. The van der Waals surface area contributed by atoms with E-state index in [0.717, 1.165) is 11.4 Å². The smallest absolute Gasteiger partial charge is 0.0315 e. The molecule has 0 aliphatic rings. The van der Waals surface area contributed by atoms with Crippen LogP contribution in [0.1, 0.15) is 0 Å². The highest BCUT2D eigenvalue weighted by atomic mass is 35.5. The molecule has 0 fully saturated rings. The van der Waals surface area contributed by atoms with Crippen molar-refractivity contribution in [3.05, 3.63) is 24.3 Å². The summed E-state index contributed by atoms with van der Waals surface area (Å²) < 4.78 is 0. The molecule has 0 saturated heterocycles. The van der Waals surface area contributed by atoms with Gasteiger partial charge in [-0.2, -0.15) is 0 Å². The lowest BCUT2D eigenvalue weighted by molar-refractivity contribution is 0.311. The van der Waals surface area contributed by atoms with Crippen molar-refractivity contribution in [1.82, 2.24) is 0 Å². The van der Waals surface area contributed by atoms with Crippen LogP contribution in [0.2, 0.25) is 0 Å². The third kappa shape index (κ3) is 5.47. The first-order chi connectivity index (χ1) is 4.79. The Hall–Kier alpha value is -0.970. The number of nitrogens with two attached hydrogens (primary N) is 3. The van der Waals surface area contributed by atoms with Crippen LogP contribution in [0.15, 0.2) is 24.3 Å². The van der Waals surface area contributed by atoms with Crippen molar-refractivity contribution in [1.29, 1.82) is 0 Å². The van der Waals surface area contributed by atoms with Crippen LogP contribution in [-0.4, -0.2) is 5.21 Å². The summed E-state index contributed by atoms with van der Waals surface area (Å²) >= 11 is 0. The molecule has 0 aliphatic carbocycles. The molecule has 11 heavy (non-hydrogen) atoms. The highest BCUT2D eigenvalue weighted by molar-refractivity contribution is 5.85. The molecule has 0 bridgehead atoms. The normalized spacial score (nSPS) is 7.09. The Morgan fingerprint density at radius 1 is 0.818 bits per heavy atom. The van der Waals surface area contributed by atoms with Gasteiger partial charge in [0.1, 0.15) is 0 Å². The van der Waals surface area contributed by atoms with Gasteiger partial charge >= 0.3 is 0 Å². The summed E-state index contributed by atoms with van der Waals surface area (Å²) in [4.78, 5) is 0. The molecule has 5 heteroatoms. The van der Waals surface area contributed by atoms with Crippen LogP contribution in [0.5, 0.6) is 0 Å². The molecular weight excluding hydrogens is 166 g/mol. The Kier molecular flexibility index (Phi) is 8.23. The quantitative estimate of drug-likeness (QED) is 0.345. The fraction of sp³-hybridized carbons (Fsp3) is 0. The van der Waals surface area contributed by atoms with E-state index >= 15 is 0 Å². The fourth-order valence-corrected chi connectivity index (χ4v) is 0.496. The van der Waals surface area contributed by atoms with E-state index in [1.54, 1.807) is 24.3 Å². The monoisotopic (exact) mass is 177 g/mol. The van der Waals surface area contributed by atoms with Gasteiger partial charge in [0.25, 0.3) is 0 Å². The van der Waals surface area contributed by atoms with Crippen LogP contribution in [0, 0.1) is 0 Å². The molecule has 1 rings (SSSR count). The van der Waals surface area contributed by atoms with Gasteiger partial charge < -0.3 is 16.7 Å². The maximum Gasteiger partial charge on any atom is 0.0315 e. The molecule has 4 nitrogen and oxygen atoms in total. The average Bonchev–Trinajstić information content (AvgIpc) is 2.00. The van der Waals surface area contributed by atoms with Gasteiger partial charge in [0.05, 0.1) is 0 Å². The summed E-state index contributed by atoms with van der Waals surface area (Å²) in [5.41, 5.74) is 12.2. The van der Waals surface area contributed by atoms with Crippen LogP contribution in [0.25, 0.3) is 0 Å². The van der Waals surface area contributed by atoms with Gasteiger partial charge in [-0.3, -0.25) is 0 Å². The zero-order valence-corrected chi connectivity index (χ0v) is 6.71. The van der Waals surface area contributed by atoms with Gasteiger partial charge in [-0.05, 0) is 24.3 Å². The Labute approximate surface area is 71.4 Å². The Balaban J connectivity index is 0. The molecule has 0 saturated carbocycles. The van der Waals surface area contributed by atoms with Crippen molar-refractivity contribution in [3.63, 3.8) is 0 Å². The van der Waals surface area contributed by atoms with Gasteiger partial charge in [0.2, 0.25) is 0 Å². The summed E-state index contributed by atoms with van der Waals surface area (Å²) in [6.07, 6.45) is 0. The van der Waals surface area contributed by atoms with E-state index in [2.05, 4.69) is 5.90 Å². The molecular formula is C6H12ClN3O. The second-order valence-electron chi connectivity index (χ2n) is 1.67. The number of rotatable bonds is 0. The molecule has 0 spiro atoms. The maximum atomic E-state index is 6.50. The summed E-state index contributed by atoms with van der Waals surface area (Å²) in [7, 11) is 0. The largest absolute Gasteiger partial charge is 0.399 e. The van der Waals surface area contributed by atoms with Gasteiger partial charge in [-0.1, -0.05) is 0 Å². The zero-order chi connectivity index (χ0) is 7.98. The van der Waals surface area contributed by atoms with Crippen LogP contribution in [0.3, 0.4) is 0 Å². The van der Waals surface area contributed by atoms with E-state index in [0.29, 0.717) is 0 Å². The maximum absolute atomic E-state index is 6.50. The van der Waals surface area contributed by atoms with E-state index < -0.39 is 0 Å². The van der Waals surface area contributed by atoms with Crippen molar-refractivity contribution in [3.8, 4) is 0 Å². The third-order valence-electron chi connectivity index (χ3n) is 0.936. The minimum Gasteiger partial charge on any atom is -0.399 e. The Morgan fingerprint density at radius 3 is 1.18 bits per heavy atom. The Morgan fingerprint density at radius 2 is 1.00 bits per heavy atom. The van der Waals surface area contributed by atoms with Crippen LogP contribution >= 0.6 is 12.4 Å². The predicted octanol–water partition coefficient (Wildman–Crippen LogP) is 0.607. The van der Waals surface area contributed by atoms with Gasteiger partial charge in [-0.15, -0.1) is 12.4 Å². The molecule has 0 aromatic heterocycles. The molecule has 0 radical (unpaired) electrons. The minimum absolute atomic E-state index is 0. The molecule has 7 N–H and O–H groups in total. The first-order valence-corrected chi connectivity index (χ1v) is 2.66. The minimum atomic E-state index is 0. The van der Waals surface area contributed by atoms with Crippen molar-refractivity contribution < 1.29 is 5.21 Å². The van der Waals surface area contributed by atoms with Crippen LogP contribution in [0.4, 0.5) is 11.4 Å². The summed E-state index contributed by atoms with van der Waals surface area (Å²) in [6, 6.07) is 7.09. The lowest BCUT2D eigenvalue weighted by Crippen LogP contribution is -1.86. The number of anilines is 2. The van der Waals surface area contributed by atoms with E-state index in [-0.39, 0.29) is 12.4 Å². The standard InChI is InChI=1S/C6H8N2.ClH.H3NO/c7-5-1-2-6(8)4-3-5;;1-2/h1-4H,7-8H2;1H;2H,1H2. The lowest BCUT2D eigenvalue weighted by Gasteiger charge is -1.90. The van der Waals surface area contributed by atoms with E-state index in [9.17, 15) is 0 Å². The van der Waals surface area contributed by atoms with Crippen molar-refractivity contribution in [2.45, 2.75) is 0 Å². The first-order valence-electron chi connectivity index (χ1n) is 2.66. The van der Waals surface area contributed by atoms with Gasteiger partial charge in [0.15, 0.2) is 0 Å². The van der Waals surface area contributed by atoms with Crippen molar-refractivity contribution in [2.75, 3.05) is 11.5 Å². The summed E-state index contributed by atoms with van der Waals surface area (Å²) in [6.45, 7) is 0. The molecule has 64 valence electrons. The van der Waals surface area contributed by atoms with Gasteiger partial charge in [-0.25, -0.2) is 5.90 Å². The fourth-order valence-electron chi connectivity index (χ4n) is 0.496. The summed E-state index contributed by atoms with van der Waals surface area (Å²) in [5.74, 6) is 3.50. The SMILES string of the molecule is Cl.NO.Nc1ccc(N)cc1. The molecule has 0 unspecified atom stereocenters. The molecule has 0 aliphatic heterocycles. The average molecular weight is 178 g/mol. The second-order valence-corrected chi connectivity index (χ2v) is 1.67. The topological polar surface area (TPSA) is 98.3 Å². The molecule has 1 aromatic carbocycles. The van der Waals surface area contributed by atoms with Crippen LogP contribution < -0.4 is 17.4 Å². The molecule has 0 amide bonds. The second kappa shape index (κ2) is 7.14. The van der Waals surface area contributed by atoms with E-state index in [1.807, 2.05) is 0 Å². The highest BCUT2D eigenvalue weighted by Gasteiger charge is 1.80. The lowest BCUT2D eigenvalue weighted by atomic mass is 10.3. The zero-order valence-electron chi connectivity index (χ0n) is 5.90. The highest BCUT2D eigenvalue weighted by Crippen LogP contribution is 2.04. The van der Waals surface area contributed by atoms with E-state index in [1.165, 1.54) is 0 Å². The van der Waals surface area contributed by atoms with Crippen LogP contribution in [-0.2, 0) is 0 Å². The third-order valence-corrected chi connectivity index (χ3v) is 0.936. The molecule has 0 heterocycles. The predicted molar refractivity (Wildman–Crippen MR) is 48.5 cm³/mol. The first kappa shape index (κ1) is 12.7. The number of hydrogen-bond donors (Lipinski definition) is 4. The van der Waals surface area contributed by atoms with Crippen molar-refractivity contribution in [2.24, 2.45) is 5.90 Å².